The molecule has 1 heterocycles. The molecule has 8 heteroatoms. The van der Waals surface area contributed by atoms with Crippen molar-refractivity contribution in [3.05, 3.63) is 105 Å². The summed E-state index contributed by atoms with van der Waals surface area (Å²) in [6, 6.07) is 18.5. The van der Waals surface area contributed by atoms with Gasteiger partial charge in [0.15, 0.2) is 16.7 Å². The predicted octanol–water partition coefficient (Wildman–Crippen LogP) is 7.59. The van der Waals surface area contributed by atoms with Crippen molar-refractivity contribution in [1.82, 2.24) is 5.32 Å². The lowest BCUT2D eigenvalue weighted by Gasteiger charge is -2.17. The number of thioether (sulfide) groups is 1. The Hall–Kier alpha value is -3.19. The first-order valence-corrected chi connectivity index (χ1v) is 12.9. The molecule has 0 spiro atoms. The van der Waals surface area contributed by atoms with Gasteiger partial charge in [-0.25, -0.2) is 4.99 Å². The van der Waals surface area contributed by atoms with Crippen molar-refractivity contribution in [2.45, 2.75) is 20.0 Å². The number of benzene rings is 3. The summed E-state index contributed by atoms with van der Waals surface area (Å²) < 4.78 is 12.1. The van der Waals surface area contributed by atoms with Gasteiger partial charge in [0.1, 0.15) is 6.61 Å². The predicted molar refractivity (Wildman–Crippen MR) is 150 cm³/mol. The van der Waals surface area contributed by atoms with E-state index in [4.69, 9.17) is 32.7 Å². The van der Waals surface area contributed by atoms with Crippen molar-refractivity contribution in [1.29, 1.82) is 0 Å². The van der Waals surface area contributed by atoms with Gasteiger partial charge in [-0.2, -0.15) is 0 Å². The van der Waals surface area contributed by atoms with E-state index in [0.717, 1.165) is 16.7 Å². The molecule has 1 saturated heterocycles. The fourth-order valence-electron chi connectivity index (χ4n) is 3.50. The molecule has 36 heavy (non-hydrogen) atoms. The van der Waals surface area contributed by atoms with Gasteiger partial charge in [-0.05, 0) is 90.8 Å². The lowest BCUT2D eigenvalue weighted by atomic mass is 10.0. The Labute approximate surface area is 224 Å². The standard InChI is InChI=1S/C28H24Cl2N2O3S/c1-3-5-20-14-19(15-24(34-4-2)26(20)35-17-18-6-8-21(29)9-7-18)16-25-27(33)32-28(36-25)31-23-12-10-22(30)11-13-23/h3,6-16H,1,4-5,17H2,2H3,(H,31,32,33)/b25-16-. The average molecular weight is 539 g/mol. The van der Waals surface area contributed by atoms with Gasteiger partial charge < -0.3 is 14.8 Å². The fourth-order valence-corrected chi connectivity index (χ4v) is 4.60. The molecule has 0 bridgehead atoms. The Balaban J connectivity index is 1.61. The molecule has 0 saturated carbocycles. The third-order valence-electron chi connectivity index (χ3n) is 5.12. The Morgan fingerprint density at radius 1 is 1.03 bits per heavy atom. The van der Waals surface area contributed by atoms with E-state index < -0.39 is 0 Å². The van der Waals surface area contributed by atoms with Gasteiger partial charge in [0.05, 0.1) is 17.2 Å². The minimum atomic E-state index is -0.209. The van der Waals surface area contributed by atoms with Gasteiger partial charge in [-0.3, -0.25) is 4.79 Å². The van der Waals surface area contributed by atoms with Crippen LogP contribution in [0.4, 0.5) is 5.69 Å². The second-order valence-electron chi connectivity index (χ2n) is 7.81. The molecule has 0 radical (unpaired) electrons. The third-order valence-corrected chi connectivity index (χ3v) is 6.53. The maximum atomic E-state index is 12.6. The Morgan fingerprint density at radius 2 is 1.72 bits per heavy atom. The lowest BCUT2D eigenvalue weighted by molar-refractivity contribution is -0.115. The SMILES string of the molecule is C=CCc1cc(/C=C2\SC(=Nc3ccc(Cl)cc3)NC2=O)cc(OCC)c1OCc1ccc(Cl)cc1. The molecule has 1 aliphatic heterocycles. The van der Waals surface area contributed by atoms with E-state index in [1.807, 2.05) is 55.5 Å². The molecule has 1 amide bonds. The van der Waals surface area contributed by atoms with E-state index >= 15 is 0 Å². The van der Waals surface area contributed by atoms with Gasteiger partial charge in [0, 0.05) is 15.6 Å². The molecule has 4 rings (SSSR count). The number of allylic oxidation sites excluding steroid dienone is 1. The average Bonchev–Trinajstić information content (AvgIpc) is 3.19. The number of amides is 1. The largest absolute Gasteiger partial charge is 0.490 e. The smallest absolute Gasteiger partial charge is 0.264 e. The van der Waals surface area contributed by atoms with Crippen molar-refractivity contribution >= 4 is 57.8 Å². The maximum Gasteiger partial charge on any atom is 0.264 e. The van der Waals surface area contributed by atoms with Gasteiger partial charge in [-0.15, -0.1) is 6.58 Å². The number of hydrogen-bond donors (Lipinski definition) is 1. The number of nitrogens with zero attached hydrogens (tertiary/aromatic N) is 1. The van der Waals surface area contributed by atoms with Crippen molar-refractivity contribution in [3.63, 3.8) is 0 Å². The first-order valence-electron chi connectivity index (χ1n) is 11.3. The van der Waals surface area contributed by atoms with Crippen LogP contribution in [0.5, 0.6) is 11.5 Å². The minimum absolute atomic E-state index is 0.209. The number of carbonyl (C=O) groups excluding carboxylic acids is 1. The molecule has 1 fully saturated rings. The Morgan fingerprint density at radius 3 is 2.39 bits per heavy atom. The first-order chi connectivity index (χ1) is 17.4. The zero-order valence-corrected chi connectivity index (χ0v) is 21.9. The van der Waals surface area contributed by atoms with E-state index in [0.29, 0.717) is 56.9 Å². The van der Waals surface area contributed by atoms with E-state index in [9.17, 15) is 4.79 Å². The van der Waals surface area contributed by atoms with Crippen molar-refractivity contribution in [2.24, 2.45) is 4.99 Å². The van der Waals surface area contributed by atoms with E-state index in [1.54, 1.807) is 24.3 Å². The monoisotopic (exact) mass is 538 g/mol. The molecule has 3 aromatic carbocycles. The van der Waals surface area contributed by atoms with Crippen molar-refractivity contribution in [3.8, 4) is 11.5 Å². The zero-order valence-electron chi connectivity index (χ0n) is 19.6. The highest BCUT2D eigenvalue weighted by Crippen LogP contribution is 2.37. The molecular weight excluding hydrogens is 515 g/mol. The normalized spacial score (nSPS) is 15.2. The van der Waals surface area contributed by atoms with Crippen LogP contribution in [0, 0.1) is 0 Å². The number of nitrogens with one attached hydrogen (secondary N) is 1. The molecular formula is C28H24Cl2N2O3S. The highest BCUT2D eigenvalue weighted by molar-refractivity contribution is 8.18. The van der Waals surface area contributed by atoms with Crippen LogP contribution in [0.15, 0.2) is 83.2 Å². The Bertz CT molecular complexity index is 1320. The number of halogens is 2. The fraction of sp³-hybridized carbons (Fsp3) is 0.143. The first kappa shape index (κ1) is 25.9. The summed E-state index contributed by atoms with van der Waals surface area (Å²) in [6.45, 7) is 6.64. The van der Waals surface area contributed by atoms with E-state index in [-0.39, 0.29) is 5.91 Å². The molecule has 3 aromatic rings. The third kappa shape index (κ3) is 6.72. The maximum absolute atomic E-state index is 12.6. The Kier molecular flexibility index (Phi) is 8.75. The second-order valence-corrected chi connectivity index (χ2v) is 9.71. The summed E-state index contributed by atoms with van der Waals surface area (Å²) in [5, 5.41) is 4.62. The summed E-state index contributed by atoms with van der Waals surface area (Å²) in [5.74, 6) is 1.05. The molecule has 1 aliphatic rings. The second kappa shape index (κ2) is 12.2. The van der Waals surface area contributed by atoms with Crippen molar-refractivity contribution < 1.29 is 14.3 Å². The van der Waals surface area contributed by atoms with Gasteiger partial charge in [-0.1, -0.05) is 41.4 Å². The van der Waals surface area contributed by atoms with E-state index in [1.165, 1.54) is 11.8 Å². The van der Waals surface area contributed by atoms with Crippen LogP contribution in [0.1, 0.15) is 23.6 Å². The highest BCUT2D eigenvalue weighted by atomic mass is 35.5. The van der Waals surface area contributed by atoms with Crippen LogP contribution in [-0.2, 0) is 17.8 Å². The van der Waals surface area contributed by atoms with Crippen LogP contribution in [0.25, 0.3) is 6.08 Å². The molecule has 0 aromatic heterocycles. The van der Waals surface area contributed by atoms with Crippen LogP contribution in [-0.4, -0.2) is 17.7 Å². The number of ether oxygens (including phenoxy) is 2. The number of amidine groups is 1. The molecule has 0 unspecified atom stereocenters. The summed E-state index contributed by atoms with van der Waals surface area (Å²) >= 11 is 13.2. The van der Waals surface area contributed by atoms with Crippen molar-refractivity contribution in [2.75, 3.05) is 6.61 Å². The number of aliphatic imine (C=N–C) groups is 1. The quantitative estimate of drug-likeness (QED) is 0.225. The topological polar surface area (TPSA) is 59.9 Å². The van der Waals surface area contributed by atoms with Crippen LogP contribution in [0.2, 0.25) is 10.0 Å². The summed E-state index contributed by atoms with van der Waals surface area (Å²) in [5.41, 5.74) is 3.43. The van der Waals surface area contributed by atoms with Gasteiger partial charge in [0.2, 0.25) is 0 Å². The van der Waals surface area contributed by atoms with Gasteiger partial charge >= 0.3 is 0 Å². The summed E-state index contributed by atoms with van der Waals surface area (Å²) in [7, 11) is 0. The number of carbonyl (C=O) groups is 1. The molecule has 5 nitrogen and oxygen atoms in total. The van der Waals surface area contributed by atoms with E-state index in [2.05, 4.69) is 16.9 Å². The summed E-state index contributed by atoms with van der Waals surface area (Å²) in [6.07, 6.45) is 4.21. The zero-order chi connectivity index (χ0) is 25.5. The molecule has 184 valence electrons. The molecule has 1 N–H and O–H groups in total. The van der Waals surface area contributed by atoms with Crippen LogP contribution >= 0.6 is 35.0 Å². The summed E-state index contributed by atoms with van der Waals surface area (Å²) in [4.78, 5) is 17.6. The lowest BCUT2D eigenvalue weighted by Crippen LogP contribution is -2.19. The van der Waals surface area contributed by atoms with Crippen LogP contribution < -0.4 is 14.8 Å². The number of rotatable bonds is 9. The van der Waals surface area contributed by atoms with Gasteiger partial charge in [0.25, 0.3) is 5.91 Å². The molecule has 0 aliphatic carbocycles. The van der Waals surface area contributed by atoms with Crippen LogP contribution in [0.3, 0.4) is 0 Å². The molecule has 0 atom stereocenters. The minimum Gasteiger partial charge on any atom is -0.490 e. The number of hydrogen-bond acceptors (Lipinski definition) is 5. The highest BCUT2D eigenvalue weighted by Gasteiger charge is 2.24.